The summed E-state index contributed by atoms with van der Waals surface area (Å²) >= 11 is 0. The zero-order valence-electron chi connectivity index (χ0n) is 6.69. The second kappa shape index (κ2) is 3.25. The Bertz CT molecular complexity index is 350. The Balaban J connectivity index is 3.14. The molecule has 4 heteroatoms. The minimum Gasteiger partial charge on any atom is -0.380 e. The Morgan fingerprint density at radius 3 is 2.17 bits per heavy atom. The first-order chi connectivity index (χ1) is 5.56. The van der Waals surface area contributed by atoms with E-state index in [-0.39, 0.29) is 4.90 Å². The lowest BCUT2D eigenvalue weighted by molar-refractivity contribution is 0.358. The van der Waals surface area contributed by atoms with Crippen LogP contribution < -0.4 is 0 Å². The maximum atomic E-state index is 11.1. The highest BCUT2D eigenvalue weighted by molar-refractivity contribution is 7.91. The van der Waals surface area contributed by atoms with Crippen LogP contribution in [0.5, 0.6) is 0 Å². The molecule has 0 amide bonds. The van der Waals surface area contributed by atoms with Crippen LogP contribution in [-0.2, 0) is 9.84 Å². The first-order valence-corrected chi connectivity index (χ1v) is 5.12. The first-order valence-electron chi connectivity index (χ1n) is 3.46. The second-order valence-electron chi connectivity index (χ2n) is 2.56. The topological polar surface area (TPSA) is 54.4 Å². The van der Waals surface area contributed by atoms with Gasteiger partial charge in [0.2, 0.25) is 9.84 Å². The van der Waals surface area contributed by atoms with Gasteiger partial charge in [-0.3, -0.25) is 0 Å². The standard InChI is InChI=1S/C8H10O3S/c1-7-2-4-8(5-3-7)12(10,11)6-9/h2-5,9H,6H2,1H3. The third kappa shape index (κ3) is 1.84. The van der Waals surface area contributed by atoms with Crippen molar-refractivity contribution in [2.45, 2.75) is 11.8 Å². The van der Waals surface area contributed by atoms with Crippen LogP contribution in [0.1, 0.15) is 5.56 Å². The van der Waals surface area contributed by atoms with Gasteiger partial charge in [-0.25, -0.2) is 8.42 Å². The third-order valence-corrected chi connectivity index (χ3v) is 2.88. The van der Waals surface area contributed by atoms with Gasteiger partial charge in [0.25, 0.3) is 0 Å². The lowest BCUT2D eigenvalue weighted by atomic mass is 10.2. The van der Waals surface area contributed by atoms with E-state index in [1.807, 2.05) is 6.92 Å². The zero-order chi connectivity index (χ0) is 9.19. The molecule has 0 atom stereocenters. The van der Waals surface area contributed by atoms with Crippen molar-refractivity contribution in [3.63, 3.8) is 0 Å². The highest BCUT2D eigenvalue weighted by atomic mass is 32.2. The van der Waals surface area contributed by atoms with Gasteiger partial charge in [0.05, 0.1) is 4.90 Å². The predicted octanol–water partition coefficient (Wildman–Crippen LogP) is 0.719. The van der Waals surface area contributed by atoms with Gasteiger partial charge < -0.3 is 5.11 Å². The van der Waals surface area contributed by atoms with Crippen LogP contribution in [0.3, 0.4) is 0 Å². The van der Waals surface area contributed by atoms with Gasteiger partial charge >= 0.3 is 0 Å². The monoisotopic (exact) mass is 186 g/mol. The molecule has 12 heavy (non-hydrogen) atoms. The van der Waals surface area contributed by atoms with Crippen molar-refractivity contribution in [3.8, 4) is 0 Å². The molecule has 0 unspecified atom stereocenters. The van der Waals surface area contributed by atoms with Crippen molar-refractivity contribution < 1.29 is 13.5 Å². The summed E-state index contributed by atoms with van der Waals surface area (Å²) < 4.78 is 22.1. The van der Waals surface area contributed by atoms with E-state index in [4.69, 9.17) is 5.11 Å². The molecule has 0 radical (unpaired) electrons. The lowest BCUT2D eigenvalue weighted by Crippen LogP contribution is -2.05. The average molecular weight is 186 g/mol. The summed E-state index contributed by atoms with van der Waals surface area (Å²) in [5.41, 5.74) is 0.992. The molecule has 1 rings (SSSR count). The number of aliphatic hydroxyl groups is 1. The molecule has 1 aromatic rings. The number of hydrogen-bond acceptors (Lipinski definition) is 3. The van der Waals surface area contributed by atoms with Crippen LogP contribution in [0.4, 0.5) is 0 Å². The highest BCUT2D eigenvalue weighted by Gasteiger charge is 2.10. The molecule has 0 aromatic heterocycles. The molecule has 1 aromatic carbocycles. The molecule has 0 spiro atoms. The predicted molar refractivity (Wildman–Crippen MR) is 45.5 cm³/mol. The van der Waals surface area contributed by atoms with Crippen LogP contribution in [0.15, 0.2) is 29.2 Å². The number of sulfone groups is 1. The van der Waals surface area contributed by atoms with Crippen molar-refractivity contribution in [1.29, 1.82) is 0 Å². The molecule has 1 N–H and O–H groups in total. The van der Waals surface area contributed by atoms with Crippen molar-refractivity contribution in [2.75, 3.05) is 5.94 Å². The van der Waals surface area contributed by atoms with Crippen LogP contribution >= 0.6 is 0 Å². The summed E-state index contributed by atoms with van der Waals surface area (Å²) in [7, 11) is -3.46. The van der Waals surface area contributed by atoms with Crippen molar-refractivity contribution in [3.05, 3.63) is 29.8 Å². The van der Waals surface area contributed by atoms with E-state index >= 15 is 0 Å². The molecule has 3 nitrogen and oxygen atoms in total. The fraction of sp³-hybridized carbons (Fsp3) is 0.250. The van der Waals surface area contributed by atoms with E-state index in [1.54, 1.807) is 12.1 Å². The smallest absolute Gasteiger partial charge is 0.202 e. The van der Waals surface area contributed by atoms with E-state index in [1.165, 1.54) is 12.1 Å². The van der Waals surface area contributed by atoms with Crippen molar-refractivity contribution >= 4 is 9.84 Å². The quantitative estimate of drug-likeness (QED) is 0.740. The van der Waals surface area contributed by atoms with E-state index in [0.29, 0.717) is 0 Å². The zero-order valence-corrected chi connectivity index (χ0v) is 7.50. The third-order valence-electron chi connectivity index (χ3n) is 1.55. The molecular formula is C8H10O3S. The molecule has 66 valence electrons. The normalized spacial score (nSPS) is 11.5. The van der Waals surface area contributed by atoms with Crippen LogP contribution in [-0.4, -0.2) is 19.5 Å². The average Bonchev–Trinajstić information content (AvgIpc) is 2.05. The lowest BCUT2D eigenvalue weighted by Gasteiger charge is -1.99. The summed E-state index contributed by atoms with van der Waals surface area (Å²) in [6.07, 6.45) is 0. The van der Waals surface area contributed by atoms with Crippen molar-refractivity contribution in [2.24, 2.45) is 0 Å². The van der Waals surface area contributed by atoms with E-state index < -0.39 is 15.8 Å². The number of aliphatic hydroxyl groups excluding tert-OH is 1. The van der Waals surface area contributed by atoms with Gasteiger partial charge in [-0.1, -0.05) is 17.7 Å². The molecule has 0 aliphatic carbocycles. The molecule has 0 aliphatic rings. The maximum Gasteiger partial charge on any atom is 0.202 e. The maximum absolute atomic E-state index is 11.1. The van der Waals surface area contributed by atoms with E-state index in [9.17, 15) is 8.42 Å². The summed E-state index contributed by atoms with van der Waals surface area (Å²) in [5, 5.41) is 8.53. The van der Waals surface area contributed by atoms with Crippen LogP contribution in [0.25, 0.3) is 0 Å². The van der Waals surface area contributed by atoms with E-state index in [0.717, 1.165) is 5.56 Å². The van der Waals surface area contributed by atoms with Gasteiger partial charge in [0, 0.05) is 0 Å². The largest absolute Gasteiger partial charge is 0.380 e. The van der Waals surface area contributed by atoms with Crippen molar-refractivity contribution in [1.82, 2.24) is 0 Å². The first kappa shape index (κ1) is 9.22. The highest BCUT2D eigenvalue weighted by Crippen LogP contribution is 2.10. The Labute approximate surface area is 71.6 Å². The molecule has 0 saturated carbocycles. The summed E-state index contributed by atoms with van der Waals surface area (Å²) in [6.45, 7) is 1.87. The molecule has 0 bridgehead atoms. The van der Waals surface area contributed by atoms with Gasteiger partial charge in [0.15, 0.2) is 0 Å². The van der Waals surface area contributed by atoms with Crippen LogP contribution in [0.2, 0.25) is 0 Å². The van der Waals surface area contributed by atoms with Gasteiger partial charge in [-0.05, 0) is 19.1 Å². The number of aryl methyl sites for hydroxylation is 1. The fourth-order valence-corrected chi connectivity index (χ4v) is 1.52. The minimum atomic E-state index is -3.46. The number of rotatable bonds is 2. The Hall–Kier alpha value is -0.870. The number of benzene rings is 1. The Morgan fingerprint density at radius 1 is 1.25 bits per heavy atom. The molecule has 0 aliphatic heterocycles. The second-order valence-corrected chi connectivity index (χ2v) is 4.52. The Morgan fingerprint density at radius 2 is 1.75 bits per heavy atom. The fourth-order valence-electron chi connectivity index (χ4n) is 0.820. The SMILES string of the molecule is Cc1ccc(S(=O)(=O)CO)cc1. The van der Waals surface area contributed by atoms with Gasteiger partial charge in [-0.15, -0.1) is 0 Å². The summed E-state index contributed by atoms with van der Waals surface area (Å²) in [5.74, 6) is -0.837. The molecule has 0 saturated heterocycles. The summed E-state index contributed by atoms with van der Waals surface area (Å²) in [4.78, 5) is 0.163. The van der Waals surface area contributed by atoms with Crippen LogP contribution in [0, 0.1) is 6.92 Å². The van der Waals surface area contributed by atoms with E-state index in [2.05, 4.69) is 0 Å². The Kier molecular flexibility index (Phi) is 2.49. The van der Waals surface area contributed by atoms with Gasteiger partial charge in [0.1, 0.15) is 5.94 Å². The minimum absolute atomic E-state index is 0.163. The molecular weight excluding hydrogens is 176 g/mol. The van der Waals surface area contributed by atoms with Gasteiger partial charge in [-0.2, -0.15) is 0 Å². The summed E-state index contributed by atoms with van der Waals surface area (Å²) in [6, 6.07) is 6.37. The molecule has 0 fully saturated rings. The number of hydrogen-bond donors (Lipinski definition) is 1. The molecule has 0 heterocycles.